The van der Waals surface area contributed by atoms with Gasteiger partial charge in [0, 0.05) is 38.3 Å². The van der Waals surface area contributed by atoms with E-state index in [2.05, 4.69) is 10.6 Å². The van der Waals surface area contributed by atoms with Crippen molar-refractivity contribution in [3.8, 4) is 0 Å². The molecule has 0 aromatic rings. The van der Waals surface area contributed by atoms with E-state index in [0.717, 1.165) is 19.3 Å². The van der Waals surface area contributed by atoms with Crippen LogP contribution in [0.25, 0.3) is 0 Å². The number of piperidine rings is 1. The van der Waals surface area contributed by atoms with E-state index in [9.17, 15) is 19.2 Å². The molecule has 0 spiro atoms. The first kappa shape index (κ1) is 40.1. The van der Waals surface area contributed by atoms with Crippen molar-refractivity contribution in [1.29, 1.82) is 0 Å². The quantitative estimate of drug-likeness (QED) is 0.182. The van der Waals surface area contributed by atoms with Crippen molar-refractivity contribution in [2.45, 2.75) is 163 Å². The third-order valence-electron chi connectivity index (χ3n) is 6.50. The van der Waals surface area contributed by atoms with Crippen LogP contribution in [-0.4, -0.2) is 94.8 Å². The van der Waals surface area contributed by atoms with Crippen LogP contribution in [-0.2, 0) is 18.9 Å². The molecule has 1 aliphatic heterocycles. The predicted octanol–water partition coefficient (Wildman–Crippen LogP) is 6.99. The first-order valence-electron chi connectivity index (χ1n) is 16.4. The molecule has 0 aromatic carbocycles. The van der Waals surface area contributed by atoms with Crippen LogP contribution >= 0.6 is 0 Å². The van der Waals surface area contributed by atoms with Gasteiger partial charge >= 0.3 is 24.4 Å². The van der Waals surface area contributed by atoms with E-state index in [1.165, 1.54) is 0 Å². The first-order valence-corrected chi connectivity index (χ1v) is 16.4. The van der Waals surface area contributed by atoms with Crippen molar-refractivity contribution >= 4 is 24.4 Å². The Morgan fingerprint density at radius 2 is 1.29 bits per heavy atom. The summed E-state index contributed by atoms with van der Waals surface area (Å²) in [5.41, 5.74) is -2.56. The average molecular weight is 643 g/mol. The van der Waals surface area contributed by atoms with Crippen molar-refractivity contribution in [2.75, 3.05) is 26.2 Å². The zero-order valence-corrected chi connectivity index (χ0v) is 30.1. The molecule has 4 amide bonds. The minimum atomic E-state index is -0.690. The lowest BCUT2D eigenvalue weighted by molar-refractivity contribution is 0.00752. The fourth-order valence-corrected chi connectivity index (χ4v) is 4.73. The number of hydrogen-bond acceptors (Lipinski definition) is 8. The molecule has 12 nitrogen and oxygen atoms in total. The van der Waals surface area contributed by atoms with Gasteiger partial charge in [-0.25, -0.2) is 19.2 Å². The van der Waals surface area contributed by atoms with Crippen LogP contribution in [0.5, 0.6) is 0 Å². The van der Waals surface area contributed by atoms with Gasteiger partial charge in [-0.15, -0.1) is 0 Å². The van der Waals surface area contributed by atoms with Gasteiger partial charge in [0.15, 0.2) is 0 Å². The molecule has 1 heterocycles. The second-order valence-corrected chi connectivity index (χ2v) is 15.8. The molecule has 1 rings (SSSR count). The number of ether oxygens (including phenoxy) is 4. The van der Waals surface area contributed by atoms with Crippen LogP contribution in [0, 0.1) is 0 Å². The molecule has 1 saturated heterocycles. The number of amides is 4. The summed E-state index contributed by atoms with van der Waals surface area (Å²) in [6.45, 7) is 23.4. The predicted molar refractivity (Wildman–Crippen MR) is 174 cm³/mol. The van der Waals surface area contributed by atoms with E-state index in [1.807, 2.05) is 25.7 Å². The Hall–Kier alpha value is -2.92. The third-order valence-corrected chi connectivity index (χ3v) is 6.50. The van der Waals surface area contributed by atoms with E-state index < -0.39 is 40.7 Å². The maximum absolute atomic E-state index is 13.2. The molecule has 2 unspecified atom stereocenters. The Morgan fingerprint density at radius 1 is 0.733 bits per heavy atom. The van der Waals surface area contributed by atoms with Gasteiger partial charge in [0.05, 0.1) is 0 Å². The number of nitrogens with one attached hydrogen (secondary N) is 2. The Kier molecular flexibility index (Phi) is 15.3. The number of carbonyl (C=O) groups excluding carboxylic acids is 4. The molecule has 2 N–H and O–H groups in total. The van der Waals surface area contributed by atoms with Crippen molar-refractivity contribution in [1.82, 2.24) is 20.4 Å². The maximum Gasteiger partial charge on any atom is 0.410 e. The normalized spacial score (nSPS) is 16.7. The largest absolute Gasteiger partial charge is 0.444 e. The summed E-state index contributed by atoms with van der Waals surface area (Å²) in [7, 11) is 0. The Morgan fingerprint density at radius 3 is 1.84 bits per heavy atom. The Labute approximate surface area is 271 Å². The number of likely N-dealkylation sites (tertiary alicyclic amines) is 1. The third kappa shape index (κ3) is 19.3. The van der Waals surface area contributed by atoms with E-state index in [1.54, 1.807) is 67.2 Å². The van der Waals surface area contributed by atoms with E-state index in [0.29, 0.717) is 51.9 Å². The summed E-state index contributed by atoms with van der Waals surface area (Å²) in [5.74, 6) is 0. The van der Waals surface area contributed by atoms with Gasteiger partial charge in [0.25, 0.3) is 0 Å². The lowest BCUT2D eigenvalue weighted by Crippen LogP contribution is -2.47. The Bertz CT molecular complexity index is 960. The zero-order valence-electron chi connectivity index (χ0n) is 30.1. The fourth-order valence-electron chi connectivity index (χ4n) is 4.73. The first-order chi connectivity index (χ1) is 20.4. The number of carbonyl (C=O) groups is 4. The lowest BCUT2D eigenvalue weighted by atomic mass is 9.95. The van der Waals surface area contributed by atoms with Crippen LogP contribution in [0.15, 0.2) is 0 Å². The smallest absolute Gasteiger partial charge is 0.410 e. The highest BCUT2D eigenvalue weighted by Gasteiger charge is 2.32. The summed E-state index contributed by atoms with van der Waals surface area (Å²) >= 11 is 0. The fraction of sp³-hybridized carbons (Fsp3) is 0.879. The Balaban J connectivity index is 3.00. The molecular formula is C33H62N4O8. The molecular weight excluding hydrogens is 580 g/mol. The summed E-state index contributed by atoms with van der Waals surface area (Å²) in [4.78, 5) is 54.4. The number of alkyl carbamates (subject to hydrolysis) is 2. The highest BCUT2D eigenvalue weighted by molar-refractivity contribution is 5.70. The van der Waals surface area contributed by atoms with Crippen molar-refractivity contribution < 1.29 is 38.1 Å². The lowest BCUT2D eigenvalue weighted by Gasteiger charge is -2.37. The summed E-state index contributed by atoms with van der Waals surface area (Å²) in [6, 6.07) is -0.343. The van der Waals surface area contributed by atoms with Crippen molar-refractivity contribution in [2.24, 2.45) is 0 Å². The molecule has 0 aliphatic carbocycles. The van der Waals surface area contributed by atoms with Crippen LogP contribution in [0.4, 0.5) is 19.2 Å². The minimum Gasteiger partial charge on any atom is -0.444 e. The average Bonchev–Trinajstić information content (AvgIpc) is 2.82. The van der Waals surface area contributed by atoms with Gasteiger partial charge in [0.2, 0.25) is 0 Å². The highest BCUT2D eigenvalue weighted by Crippen LogP contribution is 2.25. The zero-order chi connectivity index (χ0) is 34.6. The summed E-state index contributed by atoms with van der Waals surface area (Å²) in [6.07, 6.45) is 3.10. The topological polar surface area (TPSA) is 136 Å². The van der Waals surface area contributed by atoms with E-state index in [-0.39, 0.29) is 18.2 Å². The molecule has 1 aliphatic rings. The van der Waals surface area contributed by atoms with Crippen LogP contribution in [0.1, 0.15) is 128 Å². The summed E-state index contributed by atoms with van der Waals surface area (Å²) < 4.78 is 22.2. The van der Waals surface area contributed by atoms with Gasteiger partial charge in [-0.05, 0) is 128 Å². The van der Waals surface area contributed by atoms with E-state index >= 15 is 0 Å². The second kappa shape index (κ2) is 17.1. The van der Waals surface area contributed by atoms with Gasteiger partial charge in [-0.1, -0.05) is 0 Å². The molecule has 0 bridgehead atoms. The molecule has 0 aromatic heterocycles. The van der Waals surface area contributed by atoms with Crippen LogP contribution in [0.2, 0.25) is 0 Å². The standard InChI is InChI=1S/C33H62N4O8/c1-30(2,3)42-26(38)34-20-15-21-36(28(40)44-32(7,8)9)23-19-24(35-27(39)43-31(4,5)6)17-18-25-16-13-14-22-37(25)29(41)45-33(10,11)12/h24-25H,13-23H2,1-12H3,(H,34,38)(H,35,39). The van der Waals surface area contributed by atoms with Gasteiger partial charge in [-0.3, -0.25) is 0 Å². The minimum absolute atomic E-state index is 0.0163. The molecule has 0 saturated carbocycles. The SMILES string of the molecule is CC(C)(C)OC(=O)NCCCN(CCC(CCC1CCCCN1C(=O)OC(C)(C)C)NC(=O)OC(C)(C)C)C(=O)OC(C)(C)C. The highest BCUT2D eigenvalue weighted by atomic mass is 16.6. The van der Waals surface area contributed by atoms with Crippen LogP contribution < -0.4 is 10.6 Å². The van der Waals surface area contributed by atoms with Gasteiger partial charge in [-0.2, -0.15) is 0 Å². The number of hydrogen-bond donors (Lipinski definition) is 2. The van der Waals surface area contributed by atoms with E-state index in [4.69, 9.17) is 18.9 Å². The molecule has 0 radical (unpaired) electrons. The second-order valence-electron chi connectivity index (χ2n) is 15.8. The maximum atomic E-state index is 13.2. The van der Waals surface area contributed by atoms with Gasteiger partial charge < -0.3 is 39.4 Å². The molecule has 2 atom stereocenters. The molecule has 1 fully saturated rings. The molecule has 262 valence electrons. The van der Waals surface area contributed by atoms with Crippen molar-refractivity contribution in [3.05, 3.63) is 0 Å². The number of rotatable bonds is 11. The summed E-state index contributed by atoms with van der Waals surface area (Å²) in [5, 5.41) is 5.72. The van der Waals surface area contributed by atoms with Gasteiger partial charge in [0.1, 0.15) is 22.4 Å². The molecule has 12 heteroatoms. The molecule has 45 heavy (non-hydrogen) atoms. The van der Waals surface area contributed by atoms with Crippen molar-refractivity contribution in [3.63, 3.8) is 0 Å². The van der Waals surface area contributed by atoms with Crippen LogP contribution in [0.3, 0.4) is 0 Å². The monoisotopic (exact) mass is 642 g/mol. The number of nitrogens with zero attached hydrogens (tertiary/aromatic N) is 2.